The van der Waals surface area contributed by atoms with Crippen LogP contribution in [-0.4, -0.2) is 15.9 Å². The monoisotopic (exact) mass is 615 g/mol. The summed E-state index contributed by atoms with van der Waals surface area (Å²) in [6.45, 7) is 8.07. The smallest absolute Gasteiger partial charge is 0.217 e. The largest absolute Gasteiger partial charge is 0.512 e. The van der Waals surface area contributed by atoms with E-state index in [0.717, 1.165) is 36.7 Å². The molecule has 32 heavy (non-hydrogen) atoms. The van der Waals surface area contributed by atoms with Crippen LogP contribution in [0.5, 0.6) is 11.6 Å². The first kappa shape index (κ1) is 27.6. The van der Waals surface area contributed by atoms with Crippen LogP contribution in [0, 0.1) is 17.9 Å². The molecule has 0 amide bonds. The van der Waals surface area contributed by atoms with E-state index in [1.54, 1.807) is 18.5 Å². The summed E-state index contributed by atoms with van der Waals surface area (Å²) < 4.78 is 10.7. The molecule has 0 aliphatic rings. The normalized spacial score (nSPS) is 11.1. The van der Waals surface area contributed by atoms with Crippen LogP contribution in [0.1, 0.15) is 53.4 Å². The Morgan fingerprint density at radius 2 is 1.81 bits per heavy atom. The summed E-state index contributed by atoms with van der Waals surface area (Å²) in [6.07, 6.45) is 8.18. The van der Waals surface area contributed by atoms with Crippen LogP contribution < -0.4 is 4.74 Å². The maximum absolute atomic E-state index is 11.7. The molecular weight excluding hydrogens is 583 g/mol. The number of aliphatic hydroxyl groups is 1. The number of benzene rings is 1. The number of pyridine rings is 1. The van der Waals surface area contributed by atoms with E-state index in [-0.39, 0.29) is 43.5 Å². The van der Waals surface area contributed by atoms with Crippen molar-refractivity contribution >= 4 is 16.8 Å². The minimum Gasteiger partial charge on any atom is -0.512 e. The molecule has 0 bridgehead atoms. The molecule has 0 saturated carbocycles. The summed E-state index contributed by atoms with van der Waals surface area (Å²) in [5.41, 5.74) is 0.754. The van der Waals surface area contributed by atoms with Crippen molar-refractivity contribution in [2.24, 2.45) is 11.8 Å². The number of ether oxygens (including phenoxy) is 1. The van der Waals surface area contributed by atoms with Crippen LogP contribution in [0.4, 0.5) is 0 Å². The van der Waals surface area contributed by atoms with Gasteiger partial charge in [0.25, 0.3) is 0 Å². The number of ketones is 1. The fraction of sp³-hybridized carbons (Fsp3) is 0.385. The number of furan rings is 1. The van der Waals surface area contributed by atoms with Gasteiger partial charge in [0.15, 0.2) is 11.4 Å². The van der Waals surface area contributed by atoms with Crippen molar-refractivity contribution in [3.8, 4) is 11.6 Å². The zero-order valence-electron chi connectivity index (χ0n) is 19.1. The van der Waals surface area contributed by atoms with Gasteiger partial charge in [-0.25, -0.2) is 4.98 Å². The van der Waals surface area contributed by atoms with Crippen LogP contribution in [0.3, 0.4) is 0 Å². The Balaban J connectivity index is 0.000000312. The van der Waals surface area contributed by atoms with E-state index in [0.29, 0.717) is 11.6 Å². The van der Waals surface area contributed by atoms with Gasteiger partial charge in [0.05, 0.1) is 18.2 Å². The fourth-order valence-corrected chi connectivity index (χ4v) is 3.24. The van der Waals surface area contributed by atoms with Crippen molar-refractivity contribution in [3.05, 3.63) is 66.8 Å². The van der Waals surface area contributed by atoms with E-state index >= 15 is 0 Å². The second kappa shape index (κ2) is 14.6. The molecule has 3 aromatic rings. The minimum absolute atomic E-state index is 0. The number of hydrogen-bond donors (Lipinski definition) is 1. The maximum atomic E-state index is 11.7. The van der Waals surface area contributed by atoms with Crippen LogP contribution in [0.15, 0.2) is 65.1 Å². The van der Waals surface area contributed by atoms with Crippen LogP contribution in [0.25, 0.3) is 11.0 Å². The Labute approximate surface area is 204 Å². The molecule has 6 heteroatoms. The second-order valence-corrected chi connectivity index (χ2v) is 7.31. The third-order valence-corrected chi connectivity index (χ3v) is 5.29. The van der Waals surface area contributed by atoms with Crippen molar-refractivity contribution in [2.75, 3.05) is 0 Å². The Morgan fingerprint density at radius 3 is 2.41 bits per heavy atom. The quantitative estimate of drug-likeness (QED) is 0.156. The topological polar surface area (TPSA) is 72.6 Å². The van der Waals surface area contributed by atoms with Gasteiger partial charge in [0, 0.05) is 55.2 Å². The van der Waals surface area contributed by atoms with Crippen LogP contribution in [0.2, 0.25) is 0 Å². The average molecular weight is 615 g/mol. The number of fused-ring (bicyclic) bond motifs is 1. The molecule has 3 rings (SSSR count). The van der Waals surface area contributed by atoms with Crippen molar-refractivity contribution in [2.45, 2.75) is 53.4 Å². The van der Waals surface area contributed by atoms with Crippen molar-refractivity contribution in [3.63, 3.8) is 0 Å². The number of para-hydroxylation sites is 1. The van der Waals surface area contributed by atoms with Crippen LogP contribution >= 0.6 is 0 Å². The molecule has 0 unspecified atom stereocenters. The molecule has 2 aromatic heterocycles. The van der Waals surface area contributed by atoms with E-state index < -0.39 is 0 Å². The first-order valence-corrected chi connectivity index (χ1v) is 10.9. The maximum Gasteiger partial charge on any atom is 0.217 e. The first-order valence-electron chi connectivity index (χ1n) is 10.9. The summed E-state index contributed by atoms with van der Waals surface area (Å²) in [5.74, 6) is 1.74. The molecule has 1 aromatic carbocycles. The molecule has 0 atom stereocenters. The molecule has 0 saturated heterocycles. The number of carbonyl (C=O) groups is 1. The SMILES string of the molecule is CCC(CC)C(=O)/C=C(\O)C(CC)CC.[Ir].[c-]1ccccc1Oc1cc2ccoc2cn1. The molecule has 1 radical (unpaired) electrons. The van der Waals surface area contributed by atoms with Crippen molar-refractivity contribution in [1.82, 2.24) is 4.98 Å². The predicted molar refractivity (Wildman–Crippen MR) is 123 cm³/mol. The molecule has 2 heterocycles. The minimum atomic E-state index is 0. The summed E-state index contributed by atoms with van der Waals surface area (Å²) >= 11 is 0. The van der Waals surface area contributed by atoms with E-state index in [4.69, 9.17) is 9.15 Å². The summed E-state index contributed by atoms with van der Waals surface area (Å²) in [4.78, 5) is 15.9. The third kappa shape index (κ3) is 8.25. The molecular formula is C26H32IrNO4-. The van der Waals surface area contributed by atoms with Gasteiger partial charge in [-0.1, -0.05) is 27.7 Å². The Kier molecular flexibility index (Phi) is 12.6. The first-order chi connectivity index (χ1) is 15.0. The van der Waals surface area contributed by atoms with Gasteiger partial charge < -0.3 is 14.3 Å². The molecule has 0 fully saturated rings. The zero-order chi connectivity index (χ0) is 22.6. The number of aliphatic hydroxyl groups excluding tert-OH is 1. The number of allylic oxidation sites excluding steroid dienone is 2. The molecule has 0 spiro atoms. The van der Waals surface area contributed by atoms with Gasteiger partial charge in [-0.15, -0.1) is 12.1 Å². The molecule has 0 aliphatic carbocycles. The number of rotatable bonds is 9. The third-order valence-electron chi connectivity index (χ3n) is 5.29. The molecule has 1 N–H and O–H groups in total. The van der Waals surface area contributed by atoms with E-state index in [9.17, 15) is 9.90 Å². The van der Waals surface area contributed by atoms with Crippen molar-refractivity contribution in [1.29, 1.82) is 0 Å². The van der Waals surface area contributed by atoms with E-state index in [2.05, 4.69) is 11.1 Å². The summed E-state index contributed by atoms with van der Waals surface area (Å²) in [7, 11) is 0. The van der Waals surface area contributed by atoms with Crippen LogP contribution in [-0.2, 0) is 24.9 Å². The van der Waals surface area contributed by atoms with Gasteiger partial charge >= 0.3 is 0 Å². The van der Waals surface area contributed by atoms with E-state index in [1.807, 2.05) is 58.0 Å². The van der Waals surface area contributed by atoms with Gasteiger partial charge in [-0.05, 0) is 31.7 Å². The second-order valence-electron chi connectivity index (χ2n) is 7.31. The molecule has 175 valence electrons. The summed E-state index contributed by atoms with van der Waals surface area (Å²) in [5, 5.41) is 10.7. The number of nitrogens with zero attached hydrogens (tertiary/aromatic N) is 1. The van der Waals surface area contributed by atoms with Crippen molar-refractivity contribution < 1.29 is 39.2 Å². The standard InChI is InChI=1S/C13H8NO2.C13H24O2.Ir/c1-2-4-11(5-3-1)16-13-8-10-6-7-15-12(10)9-14-13;1-5-10(6-2)12(14)9-13(15)11(7-3)8-4;/h1-4,6-9H;9-11,14H,5-8H2,1-4H3;/q-1;;/b;12-9-;. The molecule has 0 aliphatic heterocycles. The average Bonchev–Trinajstić information content (AvgIpc) is 3.24. The Morgan fingerprint density at radius 1 is 1.12 bits per heavy atom. The molecule has 5 nitrogen and oxygen atoms in total. The predicted octanol–water partition coefficient (Wildman–Crippen LogP) is 7.29. The van der Waals surface area contributed by atoms with Gasteiger partial charge in [0.2, 0.25) is 5.88 Å². The van der Waals surface area contributed by atoms with Gasteiger partial charge in [0.1, 0.15) is 0 Å². The zero-order valence-corrected chi connectivity index (χ0v) is 21.5. The Bertz CT molecular complexity index is 960. The van der Waals surface area contributed by atoms with E-state index in [1.165, 1.54) is 6.08 Å². The van der Waals surface area contributed by atoms with Gasteiger partial charge in [-0.3, -0.25) is 4.79 Å². The number of carbonyl (C=O) groups excluding carboxylic acids is 1. The fourth-order valence-electron chi connectivity index (χ4n) is 3.24. The Hall–Kier alpha value is -2.43. The number of hydrogen-bond acceptors (Lipinski definition) is 5. The summed E-state index contributed by atoms with van der Waals surface area (Å²) in [6, 6.07) is 14.1. The van der Waals surface area contributed by atoms with Gasteiger partial charge in [-0.2, -0.15) is 18.2 Å². The number of aromatic nitrogens is 1.